The van der Waals surface area contributed by atoms with Gasteiger partial charge in [0.25, 0.3) is 0 Å². The van der Waals surface area contributed by atoms with E-state index < -0.39 is 0 Å². The van der Waals surface area contributed by atoms with Crippen LogP contribution in [0.15, 0.2) is 29.3 Å². The van der Waals surface area contributed by atoms with Crippen LogP contribution in [-0.2, 0) is 27.4 Å². The molecule has 1 atom stereocenters. The Morgan fingerprint density at radius 1 is 1.31 bits per heavy atom. The highest BCUT2D eigenvalue weighted by atomic mass is 16.5. The van der Waals surface area contributed by atoms with Gasteiger partial charge >= 0.3 is 0 Å². The highest BCUT2D eigenvalue weighted by Gasteiger charge is 2.18. The van der Waals surface area contributed by atoms with Gasteiger partial charge in [0, 0.05) is 46.3 Å². The van der Waals surface area contributed by atoms with Crippen molar-refractivity contribution in [3.63, 3.8) is 0 Å². The van der Waals surface area contributed by atoms with E-state index in [1.807, 2.05) is 14.0 Å². The number of nitrogens with zero attached hydrogens (tertiary/aromatic N) is 2. The normalized spacial score (nSPS) is 17.5. The topological polar surface area (TPSA) is 55.3 Å². The molecule has 1 aliphatic rings. The Bertz CT molecular complexity index is 545. The Kier molecular flexibility index (Phi) is 9.45. The number of benzene rings is 1. The maximum absolute atomic E-state index is 5.65. The standard InChI is InChI=1S/C20H33N3O3/c1-4-24-10-11-26-15-18-7-5-6-17(12-18)13-22-20(21-2)23(3)14-19-8-9-25-16-19/h5-7,12,19H,4,8-11,13-16H2,1-3H3,(H,21,22). The Morgan fingerprint density at radius 2 is 2.12 bits per heavy atom. The number of aliphatic imine (C=N–C) groups is 1. The van der Waals surface area contributed by atoms with E-state index >= 15 is 0 Å². The van der Waals surface area contributed by atoms with Crippen molar-refractivity contribution in [1.29, 1.82) is 0 Å². The van der Waals surface area contributed by atoms with Gasteiger partial charge in [0.1, 0.15) is 0 Å². The second-order valence-electron chi connectivity index (χ2n) is 6.58. The summed E-state index contributed by atoms with van der Waals surface area (Å²) in [5.41, 5.74) is 2.39. The van der Waals surface area contributed by atoms with Gasteiger partial charge in [-0.15, -0.1) is 0 Å². The predicted octanol–water partition coefficient (Wildman–Crippen LogP) is 2.28. The predicted molar refractivity (Wildman–Crippen MR) is 104 cm³/mol. The second kappa shape index (κ2) is 11.9. The van der Waals surface area contributed by atoms with Crippen LogP contribution >= 0.6 is 0 Å². The zero-order chi connectivity index (χ0) is 18.6. The van der Waals surface area contributed by atoms with Crippen molar-refractivity contribution in [2.75, 3.05) is 53.7 Å². The first-order valence-electron chi connectivity index (χ1n) is 9.45. The number of nitrogens with one attached hydrogen (secondary N) is 1. The highest BCUT2D eigenvalue weighted by Crippen LogP contribution is 2.13. The van der Waals surface area contributed by atoms with E-state index in [1.165, 1.54) is 11.1 Å². The summed E-state index contributed by atoms with van der Waals surface area (Å²) in [6, 6.07) is 8.45. The molecule has 0 aliphatic carbocycles. The van der Waals surface area contributed by atoms with Crippen molar-refractivity contribution < 1.29 is 14.2 Å². The summed E-state index contributed by atoms with van der Waals surface area (Å²) in [4.78, 5) is 6.58. The number of guanidine groups is 1. The minimum Gasteiger partial charge on any atom is -0.381 e. The van der Waals surface area contributed by atoms with Crippen LogP contribution in [0.4, 0.5) is 0 Å². The summed E-state index contributed by atoms with van der Waals surface area (Å²) >= 11 is 0. The number of rotatable bonds is 10. The molecule has 26 heavy (non-hydrogen) atoms. The Morgan fingerprint density at radius 3 is 2.85 bits per heavy atom. The van der Waals surface area contributed by atoms with Gasteiger partial charge in [-0.25, -0.2) is 0 Å². The molecule has 0 aromatic heterocycles. The summed E-state index contributed by atoms with van der Waals surface area (Å²) in [6.07, 6.45) is 1.13. The van der Waals surface area contributed by atoms with Gasteiger partial charge in [0.15, 0.2) is 5.96 Å². The van der Waals surface area contributed by atoms with E-state index in [-0.39, 0.29) is 0 Å². The fourth-order valence-electron chi connectivity index (χ4n) is 3.05. The molecule has 0 radical (unpaired) electrons. The fraction of sp³-hybridized carbons (Fsp3) is 0.650. The molecular formula is C20H33N3O3. The third-order valence-electron chi connectivity index (χ3n) is 4.42. The van der Waals surface area contributed by atoms with Crippen molar-refractivity contribution in [3.8, 4) is 0 Å². The third kappa shape index (κ3) is 7.32. The molecule has 1 unspecified atom stereocenters. The van der Waals surface area contributed by atoms with Crippen molar-refractivity contribution in [2.45, 2.75) is 26.5 Å². The van der Waals surface area contributed by atoms with Gasteiger partial charge in [-0.3, -0.25) is 4.99 Å². The summed E-state index contributed by atoms with van der Waals surface area (Å²) in [6.45, 7) is 8.04. The zero-order valence-electron chi connectivity index (χ0n) is 16.4. The fourth-order valence-corrected chi connectivity index (χ4v) is 3.05. The van der Waals surface area contributed by atoms with Crippen molar-refractivity contribution in [3.05, 3.63) is 35.4 Å². The smallest absolute Gasteiger partial charge is 0.193 e. The number of hydrogen-bond donors (Lipinski definition) is 1. The van der Waals surface area contributed by atoms with Gasteiger partial charge in [-0.1, -0.05) is 24.3 Å². The first-order chi connectivity index (χ1) is 12.7. The molecule has 0 amide bonds. The van der Waals surface area contributed by atoms with Crippen LogP contribution in [0.5, 0.6) is 0 Å². The molecule has 1 aliphatic heterocycles. The summed E-state index contributed by atoms with van der Waals surface area (Å²) < 4.78 is 16.4. The van der Waals surface area contributed by atoms with E-state index in [2.05, 4.69) is 46.5 Å². The van der Waals surface area contributed by atoms with Gasteiger partial charge in [-0.05, 0) is 24.5 Å². The quantitative estimate of drug-likeness (QED) is 0.393. The summed E-state index contributed by atoms with van der Waals surface area (Å²) in [7, 11) is 3.91. The first kappa shape index (κ1) is 20.7. The molecule has 1 heterocycles. The molecule has 1 saturated heterocycles. The van der Waals surface area contributed by atoms with Crippen LogP contribution in [-0.4, -0.2) is 64.5 Å². The van der Waals surface area contributed by atoms with E-state index in [0.29, 0.717) is 25.7 Å². The summed E-state index contributed by atoms with van der Waals surface area (Å²) in [5.74, 6) is 1.51. The van der Waals surface area contributed by atoms with Crippen LogP contribution < -0.4 is 5.32 Å². The lowest BCUT2D eigenvalue weighted by atomic mass is 10.1. The molecule has 1 aromatic carbocycles. The van der Waals surface area contributed by atoms with Gasteiger partial charge < -0.3 is 24.4 Å². The third-order valence-corrected chi connectivity index (χ3v) is 4.42. The highest BCUT2D eigenvalue weighted by molar-refractivity contribution is 5.79. The Balaban J connectivity index is 1.76. The van der Waals surface area contributed by atoms with Crippen molar-refractivity contribution in [1.82, 2.24) is 10.2 Å². The molecule has 6 nitrogen and oxygen atoms in total. The van der Waals surface area contributed by atoms with Crippen LogP contribution in [0.3, 0.4) is 0 Å². The monoisotopic (exact) mass is 363 g/mol. The molecule has 1 N–H and O–H groups in total. The maximum atomic E-state index is 5.65. The van der Waals surface area contributed by atoms with E-state index in [4.69, 9.17) is 14.2 Å². The van der Waals surface area contributed by atoms with Gasteiger partial charge in [-0.2, -0.15) is 0 Å². The first-order valence-corrected chi connectivity index (χ1v) is 9.45. The number of ether oxygens (including phenoxy) is 3. The molecule has 0 bridgehead atoms. The lowest BCUT2D eigenvalue weighted by Gasteiger charge is -2.24. The summed E-state index contributed by atoms with van der Waals surface area (Å²) in [5, 5.41) is 3.44. The SMILES string of the molecule is CCOCCOCc1cccc(CNC(=NC)N(C)CC2CCOC2)c1. The average Bonchev–Trinajstić information content (AvgIpc) is 3.15. The van der Waals surface area contributed by atoms with E-state index in [0.717, 1.165) is 45.3 Å². The molecule has 2 rings (SSSR count). The Labute approximate surface area is 157 Å². The number of hydrogen-bond acceptors (Lipinski definition) is 4. The average molecular weight is 364 g/mol. The molecule has 146 valence electrons. The van der Waals surface area contributed by atoms with E-state index in [1.54, 1.807) is 0 Å². The second-order valence-corrected chi connectivity index (χ2v) is 6.58. The lowest BCUT2D eigenvalue weighted by molar-refractivity contribution is 0.0453. The van der Waals surface area contributed by atoms with Gasteiger partial charge in [0.2, 0.25) is 0 Å². The van der Waals surface area contributed by atoms with Crippen LogP contribution in [0, 0.1) is 5.92 Å². The molecule has 6 heteroatoms. The molecule has 0 spiro atoms. The van der Waals surface area contributed by atoms with Gasteiger partial charge in [0.05, 0.1) is 26.4 Å². The maximum Gasteiger partial charge on any atom is 0.193 e. The van der Waals surface area contributed by atoms with Crippen LogP contribution in [0.2, 0.25) is 0 Å². The van der Waals surface area contributed by atoms with E-state index in [9.17, 15) is 0 Å². The minimum atomic E-state index is 0.593. The van der Waals surface area contributed by atoms with Crippen LogP contribution in [0.25, 0.3) is 0 Å². The largest absolute Gasteiger partial charge is 0.381 e. The Hall–Kier alpha value is -1.63. The molecule has 1 fully saturated rings. The lowest BCUT2D eigenvalue weighted by Crippen LogP contribution is -2.41. The van der Waals surface area contributed by atoms with Crippen molar-refractivity contribution >= 4 is 5.96 Å². The van der Waals surface area contributed by atoms with Crippen molar-refractivity contribution in [2.24, 2.45) is 10.9 Å². The molecule has 1 aromatic rings. The minimum absolute atomic E-state index is 0.593. The molecular weight excluding hydrogens is 330 g/mol. The molecule has 0 saturated carbocycles. The van der Waals surface area contributed by atoms with Crippen LogP contribution in [0.1, 0.15) is 24.5 Å². The zero-order valence-corrected chi connectivity index (χ0v) is 16.4.